The van der Waals surface area contributed by atoms with Gasteiger partial charge in [0.15, 0.2) is 5.96 Å². The number of aliphatic imine (C=N–C) groups is 1. The minimum absolute atomic E-state index is 0.0286. The Hall–Kier alpha value is -2.35. The Bertz CT molecular complexity index is 681. The Labute approximate surface area is 187 Å². The number of carbonyl (C=O) groups excluding carboxylic acids is 1. The van der Waals surface area contributed by atoms with Crippen LogP contribution in [0.15, 0.2) is 29.5 Å². The van der Waals surface area contributed by atoms with Crippen LogP contribution in [0.4, 0.5) is 4.79 Å². The molecule has 1 unspecified atom stereocenters. The van der Waals surface area contributed by atoms with Crippen LogP contribution in [0.3, 0.4) is 0 Å². The average molecular weight is 436 g/mol. The lowest BCUT2D eigenvalue weighted by molar-refractivity contribution is 0.0205. The fraction of sp³-hybridized carbons (Fsp3) is 0.696. The third-order valence-electron chi connectivity index (χ3n) is 4.57. The zero-order valence-corrected chi connectivity index (χ0v) is 20.5. The van der Waals surface area contributed by atoms with E-state index in [2.05, 4.69) is 41.4 Å². The normalized spacial score (nSPS) is 13.5. The van der Waals surface area contributed by atoms with E-state index in [1.165, 1.54) is 0 Å². The summed E-state index contributed by atoms with van der Waals surface area (Å²) >= 11 is 0. The van der Waals surface area contributed by atoms with Crippen molar-refractivity contribution in [1.82, 2.24) is 20.5 Å². The molecule has 0 aliphatic rings. The molecular weight excluding hydrogens is 394 g/mol. The molecule has 31 heavy (non-hydrogen) atoms. The zero-order chi connectivity index (χ0) is 23.5. The standard InChI is InChI=1S/C23H41N5O3/c1-22(2,3)19(30-8)16-27-20(24-7)26-13-10-14-28(21(29)31-23(4,5)6)17-18-11-9-12-25-15-18/h9,11-12,15,19H,10,13-14,16-17H2,1-8H3,(H2,24,26,27). The number of ether oxygens (including phenoxy) is 2. The van der Waals surface area contributed by atoms with Crippen molar-refractivity contribution in [2.24, 2.45) is 10.4 Å². The van der Waals surface area contributed by atoms with Crippen molar-refractivity contribution >= 4 is 12.1 Å². The Balaban J connectivity index is 2.58. The van der Waals surface area contributed by atoms with Crippen molar-refractivity contribution < 1.29 is 14.3 Å². The maximum Gasteiger partial charge on any atom is 0.410 e. The molecule has 8 nitrogen and oxygen atoms in total. The fourth-order valence-corrected chi connectivity index (χ4v) is 2.90. The van der Waals surface area contributed by atoms with E-state index in [1.807, 2.05) is 32.9 Å². The summed E-state index contributed by atoms with van der Waals surface area (Å²) in [7, 11) is 3.46. The fourth-order valence-electron chi connectivity index (χ4n) is 2.90. The maximum absolute atomic E-state index is 12.7. The van der Waals surface area contributed by atoms with Gasteiger partial charge in [-0.25, -0.2) is 4.79 Å². The zero-order valence-electron chi connectivity index (χ0n) is 20.5. The summed E-state index contributed by atoms with van der Waals surface area (Å²) in [5, 5.41) is 6.61. The highest BCUT2D eigenvalue weighted by Gasteiger charge is 2.24. The molecule has 0 aliphatic carbocycles. The van der Waals surface area contributed by atoms with Crippen LogP contribution in [0.25, 0.3) is 0 Å². The van der Waals surface area contributed by atoms with Crippen molar-refractivity contribution in [2.75, 3.05) is 33.8 Å². The van der Waals surface area contributed by atoms with E-state index < -0.39 is 5.60 Å². The molecule has 1 aromatic rings. The number of nitrogens with one attached hydrogen (secondary N) is 2. The molecule has 0 radical (unpaired) electrons. The number of hydrogen-bond donors (Lipinski definition) is 2. The minimum Gasteiger partial charge on any atom is -0.444 e. The molecule has 176 valence electrons. The molecule has 1 aromatic heterocycles. The highest BCUT2D eigenvalue weighted by atomic mass is 16.6. The first-order valence-corrected chi connectivity index (χ1v) is 10.8. The molecule has 0 aliphatic heterocycles. The molecule has 1 atom stereocenters. The van der Waals surface area contributed by atoms with Crippen molar-refractivity contribution in [3.63, 3.8) is 0 Å². The van der Waals surface area contributed by atoms with E-state index in [1.54, 1.807) is 31.5 Å². The lowest BCUT2D eigenvalue weighted by Crippen LogP contribution is -2.46. The summed E-state index contributed by atoms with van der Waals surface area (Å²) in [5.74, 6) is 0.711. The summed E-state index contributed by atoms with van der Waals surface area (Å²) in [5.41, 5.74) is 0.451. The number of rotatable bonds is 9. The summed E-state index contributed by atoms with van der Waals surface area (Å²) < 4.78 is 11.2. The van der Waals surface area contributed by atoms with Crippen molar-refractivity contribution in [3.05, 3.63) is 30.1 Å². The van der Waals surface area contributed by atoms with Gasteiger partial charge in [0.25, 0.3) is 0 Å². The second-order valence-electron chi connectivity index (χ2n) is 9.59. The molecule has 0 bridgehead atoms. The van der Waals surface area contributed by atoms with Crippen LogP contribution in [-0.2, 0) is 16.0 Å². The number of guanidine groups is 1. The number of pyridine rings is 1. The molecule has 1 amide bonds. The summed E-state index contributed by atoms with van der Waals surface area (Å²) in [6, 6.07) is 3.82. The van der Waals surface area contributed by atoms with Gasteiger partial charge in [-0.05, 0) is 44.2 Å². The number of methoxy groups -OCH3 is 1. The van der Waals surface area contributed by atoms with Gasteiger partial charge in [0.05, 0.1) is 12.6 Å². The highest BCUT2D eigenvalue weighted by Crippen LogP contribution is 2.20. The third kappa shape index (κ3) is 11.0. The highest BCUT2D eigenvalue weighted by molar-refractivity contribution is 5.79. The SMILES string of the molecule is CN=C(NCCCN(Cc1cccnc1)C(=O)OC(C)(C)C)NCC(OC)C(C)(C)C. The molecule has 1 heterocycles. The summed E-state index contributed by atoms with van der Waals surface area (Å²) in [4.78, 5) is 22.8. The lowest BCUT2D eigenvalue weighted by atomic mass is 9.89. The second-order valence-corrected chi connectivity index (χ2v) is 9.59. The van der Waals surface area contributed by atoms with Gasteiger partial charge in [-0.3, -0.25) is 9.98 Å². The quantitative estimate of drug-likeness (QED) is 0.351. The Morgan fingerprint density at radius 1 is 1.23 bits per heavy atom. The van der Waals surface area contributed by atoms with Gasteiger partial charge in [-0.2, -0.15) is 0 Å². The van der Waals surface area contributed by atoms with Crippen LogP contribution < -0.4 is 10.6 Å². The Morgan fingerprint density at radius 2 is 1.94 bits per heavy atom. The lowest BCUT2D eigenvalue weighted by Gasteiger charge is -2.30. The van der Waals surface area contributed by atoms with Gasteiger partial charge in [0, 0.05) is 46.2 Å². The largest absolute Gasteiger partial charge is 0.444 e. The number of nitrogens with zero attached hydrogens (tertiary/aromatic N) is 3. The predicted octanol–water partition coefficient (Wildman–Crippen LogP) is 3.43. The van der Waals surface area contributed by atoms with E-state index in [0.29, 0.717) is 32.1 Å². The molecule has 0 aromatic carbocycles. The first-order chi connectivity index (χ1) is 14.5. The van der Waals surface area contributed by atoms with Gasteiger partial charge in [-0.1, -0.05) is 26.8 Å². The van der Waals surface area contributed by atoms with Crippen molar-refractivity contribution in [1.29, 1.82) is 0 Å². The Kier molecular flexibility index (Phi) is 10.8. The van der Waals surface area contributed by atoms with Gasteiger partial charge < -0.3 is 25.0 Å². The first-order valence-electron chi connectivity index (χ1n) is 10.8. The smallest absolute Gasteiger partial charge is 0.410 e. The van der Waals surface area contributed by atoms with E-state index >= 15 is 0 Å². The molecule has 0 saturated heterocycles. The molecule has 0 fully saturated rings. The van der Waals surface area contributed by atoms with Crippen LogP contribution in [0, 0.1) is 5.41 Å². The summed E-state index contributed by atoms with van der Waals surface area (Å²) in [6.45, 7) is 14.4. The molecule has 0 spiro atoms. The minimum atomic E-state index is -0.542. The maximum atomic E-state index is 12.7. The van der Waals surface area contributed by atoms with Crippen molar-refractivity contribution in [3.8, 4) is 0 Å². The summed E-state index contributed by atoms with van der Waals surface area (Å²) in [6.07, 6.45) is 3.97. The van der Waals surface area contributed by atoms with Crippen molar-refractivity contribution in [2.45, 2.75) is 66.2 Å². The van der Waals surface area contributed by atoms with Gasteiger partial charge in [0.1, 0.15) is 5.60 Å². The van der Waals surface area contributed by atoms with Crippen LogP contribution in [-0.4, -0.2) is 67.4 Å². The van der Waals surface area contributed by atoms with Crippen LogP contribution in [0.5, 0.6) is 0 Å². The van der Waals surface area contributed by atoms with Crippen LogP contribution in [0.2, 0.25) is 0 Å². The molecule has 1 rings (SSSR count). The first kappa shape index (κ1) is 26.7. The molecule has 8 heteroatoms. The van der Waals surface area contributed by atoms with Gasteiger partial charge in [0.2, 0.25) is 0 Å². The van der Waals surface area contributed by atoms with Crippen LogP contribution in [0.1, 0.15) is 53.5 Å². The monoisotopic (exact) mass is 435 g/mol. The third-order valence-corrected chi connectivity index (χ3v) is 4.57. The second kappa shape index (κ2) is 12.5. The number of aromatic nitrogens is 1. The number of hydrogen-bond acceptors (Lipinski definition) is 5. The van der Waals surface area contributed by atoms with E-state index in [9.17, 15) is 4.79 Å². The number of amides is 1. The van der Waals surface area contributed by atoms with Gasteiger partial charge >= 0.3 is 6.09 Å². The predicted molar refractivity (Wildman–Crippen MR) is 125 cm³/mol. The van der Waals surface area contributed by atoms with E-state index in [-0.39, 0.29) is 17.6 Å². The van der Waals surface area contributed by atoms with E-state index in [4.69, 9.17) is 9.47 Å². The molecular formula is C23H41N5O3. The average Bonchev–Trinajstić information content (AvgIpc) is 2.67. The molecule has 2 N–H and O–H groups in total. The molecule has 0 saturated carbocycles. The topological polar surface area (TPSA) is 88.1 Å². The van der Waals surface area contributed by atoms with Gasteiger partial charge in [-0.15, -0.1) is 0 Å². The van der Waals surface area contributed by atoms with Crippen LogP contribution >= 0.6 is 0 Å². The van der Waals surface area contributed by atoms with E-state index in [0.717, 1.165) is 12.0 Å². The number of carbonyl (C=O) groups is 1. The Morgan fingerprint density at radius 3 is 2.45 bits per heavy atom.